The Labute approximate surface area is 123 Å². The van der Waals surface area contributed by atoms with E-state index in [1.165, 1.54) is 0 Å². The third-order valence-electron chi connectivity index (χ3n) is 2.66. The molecule has 2 nitrogen and oxygen atoms in total. The first-order chi connectivity index (χ1) is 8.32. The van der Waals surface area contributed by atoms with Crippen LogP contribution in [0.15, 0.2) is 30.3 Å². The van der Waals surface area contributed by atoms with Gasteiger partial charge in [-0.15, -0.1) is 0 Å². The lowest BCUT2D eigenvalue weighted by atomic mass is 10.1. The number of hydrogen-bond donors (Lipinski definition) is 0. The van der Waals surface area contributed by atoms with Crippen LogP contribution in [0, 0.1) is 0 Å². The molecule has 102 valence electrons. The summed E-state index contributed by atoms with van der Waals surface area (Å²) in [5.74, 6) is 0. The van der Waals surface area contributed by atoms with Crippen molar-refractivity contribution in [3.8, 4) is 0 Å². The molecule has 1 rings (SSSR count). The van der Waals surface area contributed by atoms with Gasteiger partial charge in [-0.2, -0.15) is 0 Å². The van der Waals surface area contributed by atoms with Crippen LogP contribution < -0.4 is 0 Å². The number of halogens is 3. The molecule has 1 atom stereocenters. The van der Waals surface area contributed by atoms with Crippen LogP contribution in [0.2, 0.25) is 0 Å². The molecule has 0 aliphatic heterocycles. The molecule has 0 heterocycles. The summed E-state index contributed by atoms with van der Waals surface area (Å²) in [6, 6.07) is 9.10. The van der Waals surface area contributed by atoms with E-state index in [1.807, 2.05) is 32.0 Å². The molecule has 18 heavy (non-hydrogen) atoms. The fourth-order valence-electron chi connectivity index (χ4n) is 1.50. The predicted molar refractivity (Wildman–Crippen MR) is 79.2 cm³/mol. The Morgan fingerprint density at radius 3 is 2.06 bits per heavy atom. The van der Waals surface area contributed by atoms with Crippen LogP contribution in [0.25, 0.3) is 0 Å². The van der Waals surface area contributed by atoms with Gasteiger partial charge < -0.3 is 4.52 Å². The molecule has 0 radical (unpaired) electrons. The Kier molecular flexibility index (Phi) is 6.02. The van der Waals surface area contributed by atoms with Crippen molar-refractivity contribution in [2.45, 2.75) is 23.7 Å². The predicted octanol–water partition coefficient (Wildman–Crippen LogP) is 5.43. The minimum atomic E-state index is -2.75. The normalized spacial score (nSPS) is 14.5. The molecule has 0 amide bonds. The highest BCUT2D eigenvalue weighted by Gasteiger charge is 2.39. The van der Waals surface area contributed by atoms with Gasteiger partial charge in [0.15, 0.2) is 0 Å². The first kappa shape index (κ1) is 16.3. The summed E-state index contributed by atoms with van der Waals surface area (Å²) < 4.78 is 16.4. The van der Waals surface area contributed by atoms with Crippen molar-refractivity contribution >= 4 is 42.2 Å². The van der Waals surface area contributed by atoms with Crippen LogP contribution in [0.3, 0.4) is 0 Å². The highest BCUT2D eigenvalue weighted by molar-refractivity contribution is 7.58. The molecule has 0 aliphatic carbocycles. The Hall–Kier alpha value is 0.280. The number of rotatable bonds is 5. The SMILES string of the molecule is CCP(=O)(CC)OC(c1ccccc1)C(Cl)(Cl)Cl. The minimum absolute atomic E-state index is 0.424. The maximum Gasteiger partial charge on any atom is 0.220 e. The summed E-state index contributed by atoms with van der Waals surface area (Å²) in [5, 5.41) is 0. The highest BCUT2D eigenvalue weighted by atomic mass is 35.6. The molecular formula is C12H16Cl3O2P. The van der Waals surface area contributed by atoms with Gasteiger partial charge in [-0.1, -0.05) is 79.0 Å². The van der Waals surface area contributed by atoms with E-state index in [0.717, 1.165) is 0 Å². The summed E-state index contributed by atoms with van der Waals surface area (Å²) in [4.78, 5) is 0. The number of hydrogen-bond acceptors (Lipinski definition) is 2. The Morgan fingerprint density at radius 1 is 1.17 bits per heavy atom. The van der Waals surface area contributed by atoms with Crippen molar-refractivity contribution in [2.24, 2.45) is 0 Å². The first-order valence-electron chi connectivity index (χ1n) is 5.70. The zero-order chi connectivity index (χ0) is 13.8. The average Bonchev–Trinajstić information content (AvgIpc) is 2.35. The van der Waals surface area contributed by atoms with Crippen molar-refractivity contribution in [3.05, 3.63) is 35.9 Å². The molecule has 0 aliphatic rings. The molecule has 0 bridgehead atoms. The van der Waals surface area contributed by atoms with Gasteiger partial charge in [-0.05, 0) is 5.56 Å². The molecule has 0 fully saturated rings. The molecule has 0 N–H and O–H groups in total. The summed E-state index contributed by atoms with van der Waals surface area (Å²) in [6.45, 7) is 3.62. The van der Waals surface area contributed by atoms with Crippen molar-refractivity contribution in [1.82, 2.24) is 0 Å². The monoisotopic (exact) mass is 328 g/mol. The molecule has 1 aromatic rings. The van der Waals surface area contributed by atoms with E-state index in [1.54, 1.807) is 12.1 Å². The molecule has 0 saturated carbocycles. The van der Waals surface area contributed by atoms with Gasteiger partial charge in [-0.3, -0.25) is 4.57 Å². The summed E-state index contributed by atoms with van der Waals surface area (Å²) in [7, 11) is -2.75. The second kappa shape index (κ2) is 6.63. The van der Waals surface area contributed by atoms with E-state index in [9.17, 15) is 4.57 Å². The van der Waals surface area contributed by atoms with E-state index in [0.29, 0.717) is 17.9 Å². The van der Waals surface area contributed by atoms with Crippen molar-refractivity contribution in [1.29, 1.82) is 0 Å². The minimum Gasteiger partial charge on any atom is -0.316 e. The van der Waals surface area contributed by atoms with Gasteiger partial charge in [0.2, 0.25) is 11.2 Å². The van der Waals surface area contributed by atoms with Crippen LogP contribution >= 0.6 is 42.2 Å². The van der Waals surface area contributed by atoms with E-state index in [-0.39, 0.29) is 0 Å². The van der Waals surface area contributed by atoms with Crippen LogP contribution in [-0.4, -0.2) is 16.1 Å². The lowest BCUT2D eigenvalue weighted by Gasteiger charge is -2.28. The van der Waals surface area contributed by atoms with Crippen molar-refractivity contribution < 1.29 is 9.09 Å². The van der Waals surface area contributed by atoms with Gasteiger partial charge in [0, 0.05) is 12.3 Å². The fourth-order valence-corrected chi connectivity index (χ4v) is 3.61. The quantitative estimate of drug-likeness (QED) is 0.531. The van der Waals surface area contributed by atoms with Crippen molar-refractivity contribution in [2.75, 3.05) is 12.3 Å². The standard InChI is InChI=1S/C12H16Cl3O2P/c1-3-18(16,4-2)17-11(12(13,14)15)10-8-6-5-7-9-10/h5-9,11H,3-4H2,1-2H3. The molecule has 0 aromatic heterocycles. The third kappa shape index (κ3) is 4.43. The molecule has 1 unspecified atom stereocenters. The fraction of sp³-hybridized carbons (Fsp3) is 0.500. The van der Waals surface area contributed by atoms with E-state index < -0.39 is 17.3 Å². The topological polar surface area (TPSA) is 26.3 Å². The molecule has 0 spiro atoms. The maximum absolute atomic E-state index is 12.4. The summed E-state index contributed by atoms with van der Waals surface area (Å²) >= 11 is 17.8. The first-order valence-corrected chi connectivity index (χ1v) is 8.83. The average molecular weight is 330 g/mol. The van der Waals surface area contributed by atoms with Gasteiger partial charge >= 0.3 is 0 Å². The number of benzene rings is 1. The lowest BCUT2D eigenvalue weighted by molar-refractivity contribution is 0.213. The second-order valence-electron chi connectivity index (χ2n) is 3.88. The lowest BCUT2D eigenvalue weighted by Crippen LogP contribution is -2.20. The third-order valence-corrected chi connectivity index (χ3v) is 5.78. The van der Waals surface area contributed by atoms with E-state index in [2.05, 4.69) is 0 Å². The summed E-state index contributed by atoms with van der Waals surface area (Å²) in [5.41, 5.74) is 0.708. The molecule has 6 heteroatoms. The van der Waals surface area contributed by atoms with Crippen LogP contribution in [0.4, 0.5) is 0 Å². The highest BCUT2D eigenvalue weighted by Crippen LogP contribution is 2.55. The Balaban J connectivity index is 3.06. The maximum atomic E-state index is 12.4. The molecule has 1 aromatic carbocycles. The van der Waals surface area contributed by atoms with Gasteiger partial charge in [0.25, 0.3) is 0 Å². The van der Waals surface area contributed by atoms with Crippen LogP contribution in [0.5, 0.6) is 0 Å². The number of alkyl halides is 3. The van der Waals surface area contributed by atoms with Gasteiger partial charge in [-0.25, -0.2) is 0 Å². The van der Waals surface area contributed by atoms with Crippen LogP contribution in [-0.2, 0) is 9.09 Å². The van der Waals surface area contributed by atoms with Gasteiger partial charge in [0.1, 0.15) is 6.10 Å². The smallest absolute Gasteiger partial charge is 0.220 e. The zero-order valence-electron chi connectivity index (χ0n) is 10.3. The second-order valence-corrected chi connectivity index (χ2v) is 9.36. The zero-order valence-corrected chi connectivity index (χ0v) is 13.4. The largest absolute Gasteiger partial charge is 0.316 e. The van der Waals surface area contributed by atoms with Crippen molar-refractivity contribution in [3.63, 3.8) is 0 Å². The Bertz CT molecular complexity index is 409. The van der Waals surface area contributed by atoms with Crippen LogP contribution in [0.1, 0.15) is 25.5 Å². The summed E-state index contributed by atoms with van der Waals surface area (Å²) in [6.07, 6.45) is 0.0238. The molecular weight excluding hydrogens is 313 g/mol. The van der Waals surface area contributed by atoms with E-state index >= 15 is 0 Å². The Morgan fingerprint density at radius 2 is 1.67 bits per heavy atom. The molecule has 0 saturated heterocycles. The van der Waals surface area contributed by atoms with Gasteiger partial charge in [0.05, 0.1) is 0 Å². The van der Waals surface area contributed by atoms with E-state index in [4.69, 9.17) is 39.3 Å².